The Hall–Kier alpha value is 0.910. The Morgan fingerprint density at radius 3 is 2.09 bits per heavy atom. The molecule has 0 atom stereocenters. The third-order valence-corrected chi connectivity index (χ3v) is 2.81. The molecule has 1 aliphatic carbocycles. The van der Waals surface area contributed by atoms with Gasteiger partial charge in [-0.1, -0.05) is 12.8 Å². The van der Waals surface area contributed by atoms with Crippen LogP contribution in [0.1, 0.15) is 25.7 Å². The molecule has 1 N–H and O–H groups in total. The van der Waals surface area contributed by atoms with Crippen LogP contribution < -0.4 is 0 Å². The van der Waals surface area contributed by atoms with Crippen LogP contribution in [0.25, 0.3) is 0 Å². The predicted octanol–water partition coefficient (Wildman–Crippen LogP) is 0.684. The van der Waals surface area contributed by atoms with Crippen LogP contribution in [0, 0.1) is 5.92 Å². The van der Waals surface area contributed by atoms with E-state index >= 15 is 0 Å². The summed E-state index contributed by atoms with van der Waals surface area (Å²) in [6.45, 7) is 0. The van der Waals surface area contributed by atoms with Gasteiger partial charge < -0.3 is 0 Å². The molecule has 1 radical (unpaired) electrons. The Morgan fingerprint density at radius 2 is 1.73 bits per heavy atom. The van der Waals surface area contributed by atoms with E-state index in [-0.39, 0.29) is 41.2 Å². The van der Waals surface area contributed by atoms with Gasteiger partial charge in [-0.3, -0.25) is 4.55 Å². The van der Waals surface area contributed by atoms with Crippen molar-refractivity contribution in [3.8, 4) is 0 Å². The molecule has 3 nitrogen and oxygen atoms in total. The molecule has 1 saturated carbocycles. The van der Waals surface area contributed by atoms with Gasteiger partial charge in [0.05, 0.1) is 5.75 Å². The van der Waals surface area contributed by atoms with Gasteiger partial charge in [0.15, 0.2) is 0 Å². The molecular weight excluding hydrogens is 175 g/mol. The Kier molecular flexibility index (Phi) is 5.22. The summed E-state index contributed by atoms with van der Waals surface area (Å²) >= 11 is 0. The van der Waals surface area contributed by atoms with E-state index in [9.17, 15) is 8.42 Å². The van der Waals surface area contributed by atoms with Crippen molar-refractivity contribution >= 4 is 39.7 Å². The SMILES string of the molecule is O=S(=O)(O)CC1CCCC1.[Na]. The zero-order valence-electron chi connectivity index (χ0n) is 6.78. The summed E-state index contributed by atoms with van der Waals surface area (Å²) in [6, 6.07) is 0. The Balaban J connectivity index is 0.000001000. The average Bonchev–Trinajstić information content (AvgIpc) is 2.12. The summed E-state index contributed by atoms with van der Waals surface area (Å²) in [4.78, 5) is 0. The molecule has 0 aromatic heterocycles. The molecule has 0 saturated heterocycles. The maximum atomic E-state index is 10.3. The van der Waals surface area contributed by atoms with Crippen molar-refractivity contribution in [3.63, 3.8) is 0 Å². The molecule has 0 spiro atoms. The van der Waals surface area contributed by atoms with Crippen molar-refractivity contribution in [1.29, 1.82) is 0 Å². The van der Waals surface area contributed by atoms with Gasteiger partial charge >= 0.3 is 0 Å². The molecule has 1 aliphatic rings. The molecule has 0 aliphatic heterocycles. The van der Waals surface area contributed by atoms with Crippen LogP contribution in [0.4, 0.5) is 0 Å². The summed E-state index contributed by atoms with van der Waals surface area (Å²) in [5, 5.41) is 0. The fourth-order valence-electron chi connectivity index (χ4n) is 1.47. The molecule has 5 heteroatoms. The smallest absolute Gasteiger partial charge is 0.265 e. The first-order valence-corrected chi connectivity index (χ1v) is 5.14. The monoisotopic (exact) mass is 187 g/mol. The number of rotatable bonds is 2. The third kappa shape index (κ3) is 5.20. The average molecular weight is 187 g/mol. The van der Waals surface area contributed by atoms with Gasteiger partial charge in [-0.25, -0.2) is 0 Å². The summed E-state index contributed by atoms with van der Waals surface area (Å²) in [6.07, 6.45) is 4.14. The minimum Gasteiger partial charge on any atom is -0.286 e. The fraction of sp³-hybridized carbons (Fsp3) is 1.00. The van der Waals surface area contributed by atoms with Crippen molar-refractivity contribution < 1.29 is 13.0 Å². The van der Waals surface area contributed by atoms with Crippen LogP contribution in [0.15, 0.2) is 0 Å². The first-order chi connectivity index (χ1) is 4.58. The Morgan fingerprint density at radius 1 is 1.27 bits per heavy atom. The van der Waals surface area contributed by atoms with E-state index < -0.39 is 10.1 Å². The Bertz CT molecular complexity index is 194. The standard InChI is InChI=1S/C6H12O3S.Na/c7-10(8,9)5-6-3-1-2-4-6;/h6H,1-5H2,(H,7,8,9);. The second kappa shape index (κ2) is 4.82. The number of hydrogen-bond acceptors (Lipinski definition) is 2. The maximum absolute atomic E-state index is 10.3. The van der Waals surface area contributed by atoms with Gasteiger partial charge in [0.25, 0.3) is 10.1 Å². The second-order valence-corrected chi connectivity index (χ2v) is 4.40. The number of hydrogen-bond donors (Lipinski definition) is 1. The van der Waals surface area contributed by atoms with E-state index in [0.29, 0.717) is 0 Å². The predicted molar refractivity (Wildman–Crippen MR) is 44.1 cm³/mol. The van der Waals surface area contributed by atoms with E-state index in [0.717, 1.165) is 25.7 Å². The molecule has 11 heavy (non-hydrogen) atoms. The molecule has 0 aromatic rings. The minimum atomic E-state index is -3.71. The minimum absolute atomic E-state index is 0. The first-order valence-electron chi connectivity index (χ1n) is 3.53. The van der Waals surface area contributed by atoms with Crippen molar-refractivity contribution in [3.05, 3.63) is 0 Å². The molecule has 1 rings (SSSR count). The summed E-state index contributed by atoms with van der Waals surface area (Å²) in [5.41, 5.74) is 0. The van der Waals surface area contributed by atoms with Crippen LogP contribution in [0.3, 0.4) is 0 Å². The van der Waals surface area contributed by atoms with Gasteiger partial charge in [0.2, 0.25) is 0 Å². The summed E-state index contributed by atoms with van der Waals surface area (Å²) in [5.74, 6) is 0.183. The molecular formula is C6H12NaO3S. The zero-order valence-corrected chi connectivity index (χ0v) is 9.60. The summed E-state index contributed by atoms with van der Waals surface area (Å²) in [7, 11) is -3.71. The van der Waals surface area contributed by atoms with Gasteiger partial charge in [0.1, 0.15) is 0 Å². The van der Waals surface area contributed by atoms with Crippen molar-refractivity contribution in [2.75, 3.05) is 5.75 Å². The molecule has 0 amide bonds. The van der Waals surface area contributed by atoms with Crippen LogP contribution in [0.2, 0.25) is 0 Å². The maximum Gasteiger partial charge on any atom is 0.265 e. The zero-order chi connectivity index (χ0) is 7.61. The molecule has 61 valence electrons. The van der Waals surface area contributed by atoms with Crippen LogP contribution in [-0.2, 0) is 10.1 Å². The van der Waals surface area contributed by atoms with Gasteiger partial charge in [-0.2, -0.15) is 8.42 Å². The summed E-state index contributed by atoms with van der Waals surface area (Å²) < 4.78 is 29.1. The van der Waals surface area contributed by atoms with E-state index in [1.807, 2.05) is 0 Å². The van der Waals surface area contributed by atoms with Gasteiger partial charge in [-0.15, -0.1) is 0 Å². The molecule has 0 bridgehead atoms. The second-order valence-electron chi connectivity index (χ2n) is 2.90. The van der Waals surface area contributed by atoms with Gasteiger partial charge in [-0.05, 0) is 18.8 Å². The van der Waals surface area contributed by atoms with Crippen molar-refractivity contribution in [2.24, 2.45) is 5.92 Å². The fourth-order valence-corrected chi connectivity index (χ4v) is 2.40. The topological polar surface area (TPSA) is 54.4 Å². The molecule has 0 heterocycles. The van der Waals surface area contributed by atoms with E-state index in [1.165, 1.54) is 0 Å². The van der Waals surface area contributed by atoms with E-state index in [2.05, 4.69) is 0 Å². The molecule has 1 fully saturated rings. The normalized spacial score (nSPS) is 19.7. The third-order valence-electron chi connectivity index (χ3n) is 1.92. The van der Waals surface area contributed by atoms with Crippen molar-refractivity contribution in [1.82, 2.24) is 0 Å². The molecule has 0 aromatic carbocycles. The largest absolute Gasteiger partial charge is 0.286 e. The van der Waals surface area contributed by atoms with Crippen molar-refractivity contribution in [2.45, 2.75) is 25.7 Å². The van der Waals surface area contributed by atoms with Crippen LogP contribution >= 0.6 is 0 Å². The van der Waals surface area contributed by atoms with Crippen LogP contribution in [0.5, 0.6) is 0 Å². The van der Waals surface area contributed by atoms with E-state index in [1.54, 1.807) is 0 Å². The quantitative estimate of drug-likeness (QED) is 0.511. The molecule has 0 unspecified atom stereocenters. The Labute approximate surface area is 89.6 Å². The first kappa shape index (κ1) is 11.9. The van der Waals surface area contributed by atoms with Gasteiger partial charge in [0, 0.05) is 29.6 Å². The van der Waals surface area contributed by atoms with Crippen LogP contribution in [-0.4, -0.2) is 48.3 Å². The van der Waals surface area contributed by atoms with E-state index in [4.69, 9.17) is 4.55 Å².